The highest BCUT2D eigenvalue weighted by atomic mass is 35.5. The van der Waals surface area contributed by atoms with Crippen molar-refractivity contribution in [3.05, 3.63) is 34.9 Å². The maximum absolute atomic E-state index is 11.8. The van der Waals surface area contributed by atoms with Gasteiger partial charge in [-0.3, -0.25) is 9.59 Å². The molecule has 0 unspecified atom stereocenters. The van der Waals surface area contributed by atoms with Crippen molar-refractivity contribution in [2.24, 2.45) is 5.92 Å². The molecule has 110 valence electrons. The molecular formula is C15H21ClN2O2. The van der Waals surface area contributed by atoms with Gasteiger partial charge in [-0.25, -0.2) is 0 Å². The lowest BCUT2D eigenvalue weighted by atomic mass is 10.1. The van der Waals surface area contributed by atoms with Crippen molar-refractivity contribution < 1.29 is 9.59 Å². The molecule has 5 heteroatoms. The number of hydrogen-bond donors (Lipinski definition) is 2. The Bertz CT molecular complexity index is 457. The summed E-state index contributed by atoms with van der Waals surface area (Å²) in [5.74, 6) is 0.136. The first-order chi connectivity index (χ1) is 9.40. The Balaban J connectivity index is 2.32. The third kappa shape index (κ3) is 5.61. The van der Waals surface area contributed by atoms with Crippen molar-refractivity contribution in [3.8, 4) is 0 Å². The molecule has 1 rings (SSSR count). The fourth-order valence-corrected chi connectivity index (χ4v) is 1.61. The van der Waals surface area contributed by atoms with Gasteiger partial charge in [0.25, 0.3) is 5.91 Å². The second-order valence-corrected chi connectivity index (χ2v) is 5.55. The molecule has 0 heterocycles. The zero-order valence-corrected chi connectivity index (χ0v) is 12.8. The molecular weight excluding hydrogens is 276 g/mol. The molecule has 4 nitrogen and oxygen atoms in total. The van der Waals surface area contributed by atoms with E-state index in [1.165, 1.54) is 0 Å². The van der Waals surface area contributed by atoms with Crippen LogP contribution in [0.2, 0.25) is 5.02 Å². The molecule has 20 heavy (non-hydrogen) atoms. The van der Waals surface area contributed by atoms with Gasteiger partial charge >= 0.3 is 0 Å². The van der Waals surface area contributed by atoms with Crippen LogP contribution in [0, 0.1) is 5.92 Å². The SMILES string of the molecule is CC(C)[C@@H](C)NC(=O)CCNC(=O)c1ccc(Cl)cc1. The fourth-order valence-electron chi connectivity index (χ4n) is 1.49. The number of rotatable bonds is 6. The van der Waals surface area contributed by atoms with E-state index >= 15 is 0 Å². The molecule has 0 bridgehead atoms. The maximum Gasteiger partial charge on any atom is 0.251 e. The number of amides is 2. The van der Waals surface area contributed by atoms with E-state index in [0.29, 0.717) is 23.0 Å². The van der Waals surface area contributed by atoms with Crippen LogP contribution in [0.15, 0.2) is 24.3 Å². The lowest BCUT2D eigenvalue weighted by Crippen LogP contribution is -2.38. The van der Waals surface area contributed by atoms with Crippen LogP contribution in [-0.2, 0) is 4.79 Å². The fraction of sp³-hybridized carbons (Fsp3) is 0.467. The lowest BCUT2D eigenvalue weighted by molar-refractivity contribution is -0.121. The Kier molecular flexibility index (Phi) is 6.52. The van der Waals surface area contributed by atoms with Gasteiger partial charge in [0.05, 0.1) is 0 Å². The van der Waals surface area contributed by atoms with Gasteiger partial charge < -0.3 is 10.6 Å². The monoisotopic (exact) mass is 296 g/mol. The van der Waals surface area contributed by atoms with Crippen LogP contribution >= 0.6 is 11.6 Å². The lowest BCUT2D eigenvalue weighted by Gasteiger charge is -2.17. The van der Waals surface area contributed by atoms with Crippen molar-refractivity contribution in [1.82, 2.24) is 10.6 Å². The smallest absolute Gasteiger partial charge is 0.251 e. The van der Waals surface area contributed by atoms with E-state index < -0.39 is 0 Å². The van der Waals surface area contributed by atoms with E-state index in [1.807, 2.05) is 20.8 Å². The minimum atomic E-state index is -0.202. The van der Waals surface area contributed by atoms with E-state index in [4.69, 9.17) is 11.6 Å². The second kappa shape index (κ2) is 7.90. The summed E-state index contributed by atoms with van der Waals surface area (Å²) in [4.78, 5) is 23.4. The topological polar surface area (TPSA) is 58.2 Å². The zero-order valence-electron chi connectivity index (χ0n) is 12.1. The van der Waals surface area contributed by atoms with Crippen molar-refractivity contribution in [2.75, 3.05) is 6.54 Å². The summed E-state index contributed by atoms with van der Waals surface area (Å²) < 4.78 is 0. The predicted octanol–water partition coefficient (Wildman–Crippen LogP) is 2.62. The Hall–Kier alpha value is -1.55. The van der Waals surface area contributed by atoms with Crippen LogP contribution in [0.4, 0.5) is 0 Å². The molecule has 1 aromatic carbocycles. The molecule has 0 fully saturated rings. The molecule has 0 aliphatic carbocycles. The molecule has 0 aliphatic heterocycles. The molecule has 2 N–H and O–H groups in total. The predicted molar refractivity (Wildman–Crippen MR) is 80.8 cm³/mol. The van der Waals surface area contributed by atoms with Crippen molar-refractivity contribution in [2.45, 2.75) is 33.2 Å². The highest BCUT2D eigenvalue weighted by molar-refractivity contribution is 6.30. The number of benzene rings is 1. The minimum Gasteiger partial charge on any atom is -0.353 e. The van der Waals surface area contributed by atoms with Gasteiger partial charge in [0.2, 0.25) is 5.91 Å². The second-order valence-electron chi connectivity index (χ2n) is 5.11. The third-order valence-corrected chi connectivity index (χ3v) is 3.38. The average molecular weight is 297 g/mol. The normalized spacial score (nSPS) is 12.1. The highest BCUT2D eigenvalue weighted by Crippen LogP contribution is 2.09. The minimum absolute atomic E-state index is 0.0531. The van der Waals surface area contributed by atoms with Crippen molar-refractivity contribution in [1.29, 1.82) is 0 Å². The van der Waals surface area contributed by atoms with Gasteiger partial charge in [-0.15, -0.1) is 0 Å². The molecule has 0 aromatic heterocycles. The highest BCUT2D eigenvalue weighted by Gasteiger charge is 2.11. The molecule has 0 radical (unpaired) electrons. The first-order valence-electron chi connectivity index (χ1n) is 6.73. The Morgan fingerprint density at radius 1 is 1.15 bits per heavy atom. The van der Waals surface area contributed by atoms with Gasteiger partial charge in [-0.1, -0.05) is 25.4 Å². The van der Waals surface area contributed by atoms with E-state index in [9.17, 15) is 9.59 Å². The summed E-state index contributed by atoms with van der Waals surface area (Å²) in [6, 6.07) is 6.76. The van der Waals surface area contributed by atoms with Crippen LogP contribution in [0.1, 0.15) is 37.6 Å². The molecule has 1 atom stereocenters. The van der Waals surface area contributed by atoms with Crippen molar-refractivity contribution >= 4 is 23.4 Å². The number of carbonyl (C=O) groups excluding carboxylic acids is 2. The summed E-state index contributed by atoms with van der Waals surface area (Å²) in [5.41, 5.74) is 0.533. The van der Waals surface area contributed by atoms with Crippen LogP contribution in [0.3, 0.4) is 0 Å². The number of carbonyl (C=O) groups is 2. The zero-order chi connectivity index (χ0) is 15.1. The largest absolute Gasteiger partial charge is 0.353 e. The number of hydrogen-bond acceptors (Lipinski definition) is 2. The summed E-state index contributed by atoms with van der Waals surface area (Å²) in [5, 5.41) is 6.19. The molecule has 0 saturated carbocycles. The third-order valence-electron chi connectivity index (χ3n) is 3.13. The van der Waals surface area contributed by atoms with Gasteiger partial charge in [-0.05, 0) is 37.1 Å². The van der Waals surface area contributed by atoms with Gasteiger partial charge in [0.15, 0.2) is 0 Å². The Labute approximate surface area is 124 Å². The van der Waals surface area contributed by atoms with Gasteiger partial charge in [0, 0.05) is 29.6 Å². The van der Waals surface area contributed by atoms with Crippen molar-refractivity contribution in [3.63, 3.8) is 0 Å². The molecule has 0 spiro atoms. The summed E-state index contributed by atoms with van der Waals surface area (Å²) in [6.07, 6.45) is 0.274. The van der Waals surface area contributed by atoms with Crippen LogP contribution in [-0.4, -0.2) is 24.4 Å². The van der Waals surface area contributed by atoms with Crippen LogP contribution in [0.5, 0.6) is 0 Å². The van der Waals surface area contributed by atoms with Crippen LogP contribution < -0.4 is 10.6 Å². The quantitative estimate of drug-likeness (QED) is 0.848. The van der Waals surface area contributed by atoms with Crippen LogP contribution in [0.25, 0.3) is 0 Å². The standard InChI is InChI=1S/C15H21ClN2O2/c1-10(2)11(3)18-14(19)8-9-17-15(20)12-4-6-13(16)7-5-12/h4-7,10-11H,8-9H2,1-3H3,(H,17,20)(H,18,19)/t11-/m1/s1. The Morgan fingerprint density at radius 3 is 2.30 bits per heavy atom. The van der Waals surface area contributed by atoms with E-state index in [0.717, 1.165) is 0 Å². The van der Waals surface area contributed by atoms with E-state index in [-0.39, 0.29) is 24.3 Å². The molecule has 0 aliphatic rings. The van der Waals surface area contributed by atoms with Gasteiger partial charge in [0.1, 0.15) is 0 Å². The van der Waals surface area contributed by atoms with Gasteiger partial charge in [-0.2, -0.15) is 0 Å². The first kappa shape index (κ1) is 16.5. The molecule has 1 aromatic rings. The molecule has 2 amide bonds. The maximum atomic E-state index is 11.8. The Morgan fingerprint density at radius 2 is 1.75 bits per heavy atom. The number of halogens is 1. The summed E-state index contributed by atoms with van der Waals surface area (Å²) >= 11 is 5.75. The van der Waals surface area contributed by atoms with E-state index in [1.54, 1.807) is 24.3 Å². The summed E-state index contributed by atoms with van der Waals surface area (Å²) in [7, 11) is 0. The first-order valence-corrected chi connectivity index (χ1v) is 7.11. The molecule has 0 saturated heterocycles. The summed E-state index contributed by atoms with van der Waals surface area (Å²) in [6.45, 7) is 6.38. The number of nitrogens with one attached hydrogen (secondary N) is 2. The average Bonchev–Trinajstić information content (AvgIpc) is 2.39. The van der Waals surface area contributed by atoms with E-state index in [2.05, 4.69) is 10.6 Å².